The summed E-state index contributed by atoms with van der Waals surface area (Å²) < 4.78 is 25.3. The van der Waals surface area contributed by atoms with Crippen LogP contribution in [0.15, 0.2) is 15.7 Å². The van der Waals surface area contributed by atoms with Gasteiger partial charge in [0, 0.05) is 18.5 Å². The molecule has 0 unspecified atom stereocenters. The first-order valence-electron chi connectivity index (χ1n) is 5.33. The van der Waals surface area contributed by atoms with Gasteiger partial charge in [0.15, 0.2) is 0 Å². The number of β-amino-alcohol motifs (C(OH)–C–C–N with tert-alkyl or cyclic N) is 1. The third-order valence-electron chi connectivity index (χ3n) is 3.02. The number of hydrogen-bond donors (Lipinski definition) is 2. The number of hydrogen-bond acceptors (Lipinski definition) is 5. The van der Waals surface area contributed by atoms with Crippen LogP contribution in [0.3, 0.4) is 0 Å². The van der Waals surface area contributed by atoms with E-state index < -0.39 is 21.6 Å². The van der Waals surface area contributed by atoms with E-state index in [0.29, 0.717) is 6.42 Å². The molecule has 2 heterocycles. The van der Waals surface area contributed by atoms with Crippen molar-refractivity contribution >= 4 is 27.3 Å². The molecule has 1 saturated heterocycles. The molecule has 0 saturated carbocycles. The van der Waals surface area contributed by atoms with Crippen molar-refractivity contribution in [2.75, 3.05) is 13.1 Å². The topological polar surface area (TPSA) is 94.9 Å². The molecule has 8 heteroatoms. The summed E-state index contributed by atoms with van der Waals surface area (Å²) in [6.45, 7) is 1.91. The normalized spacial score (nSPS) is 19.4. The average molecular weight is 291 g/mol. The lowest BCUT2D eigenvalue weighted by Crippen LogP contribution is -2.62. The lowest BCUT2D eigenvalue weighted by Gasteiger charge is -2.44. The van der Waals surface area contributed by atoms with Gasteiger partial charge in [-0.05, 0) is 12.5 Å². The van der Waals surface area contributed by atoms with Crippen molar-refractivity contribution in [3.63, 3.8) is 0 Å². The molecule has 1 fully saturated rings. The van der Waals surface area contributed by atoms with Gasteiger partial charge in [-0.3, -0.25) is 0 Å². The van der Waals surface area contributed by atoms with Crippen molar-refractivity contribution in [1.29, 1.82) is 0 Å². The predicted molar refractivity (Wildman–Crippen MR) is 65.3 cm³/mol. The molecule has 6 nitrogen and oxygen atoms in total. The van der Waals surface area contributed by atoms with Crippen LogP contribution in [0, 0.1) is 0 Å². The number of carboxylic acids is 1. The summed E-state index contributed by atoms with van der Waals surface area (Å²) in [5.74, 6) is -1.15. The Balaban J connectivity index is 2.20. The minimum absolute atomic E-state index is 0.00180. The summed E-state index contributed by atoms with van der Waals surface area (Å²) in [5.41, 5.74) is -0.982. The van der Waals surface area contributed by atoms with Crippen molar-refractivity contribution in [2.24, 2.45) is 0 Å². The molecular formula is C10H13NO5S2. The van der Waals surface area contributed by atoms with Crippen molar-refractivity contribution in [3.05, 3.63) is 17.0 Å². The van der Waals surface area contributed by atoms with E-state index in [1.807, 2.05) is 0 Å². The minimum Gasteiger partial charge on any atom is -0.478 e. The molecule has 0 radical (unpaired) electrons. The maximum atomic E-state index is 12.1. The Kier molecular flexibility index (Phi) is 3.22. The van der Waals surface area contributed by atoms with E-state index in [9.17, 15) is 18.3 Å². The number of sulfonamides is 1. The summed E-state index contributed by atoms with van der Waals surface area (Å²) in [4.78, 5) is 10.7. The zero-order valence-electron chi connectivity index (χ0n) is 9.66. The second-order valence-corrected chi connectivity index (χ2v) is 7.39. The second kappa shape index (κ2) is 4.30. The summed E-state index contributed by atoms with van der Waals surface area (Å²) in [6, 6.07) is 1.14. The molecule has 1 aliphatic heterocycles. The SMILES string of the molecule is CCC1(O)CN(S(=O)(=O)c2cc(C(=O)O)cs2)C1. The first-order valence-corrected chi connectivity index (χ1v) is 7.65. The molecule has 1 aromatic heterocycles. The van der Waals surface area contributed by atoms with Gasteiger partial charge in [0.1, 0.15) is 4.21 Å². The van der Waals surface area contributed by atoms with Gasteiger partial charge in [0.25, 0.3) is 10.0 Å². The lowest BCUT2D eigenvalue weighted by molar-refractivity contribution is -0.0612. The standard InChI is InChI=1S/C10H13NO5S2/c1-2-10(14)5-11(6-10)18(15,16)8-3-7(4-17-8)9(12)13/h3-4,14H,2,5-6H2,1H3,(H,12,13). The number of thiophene rings is 1. The Morgan fingerprint density at radius 3 is 2.61 bits per heavy atom. The monoisotopic (exact) mass is 291 g/mol. The molecule has 0 atom stereocenters. The molecule has 0 bridgehead atoms. The van der Waals surface area contributed by atoms with E-state index in [2.05, 4.69) is 0 Å². The molecule has 18 heavy (non-hydrogen) atoms. The fourth-order valence-corrected chi connectivity index (χ4v) is 4.60. The smallest absolute Gasteiger partial charge is 0.336 e. The number of nitrogens with zero attached hydrogens (tertiary/aromatic N) is 1. The van der Waals surface area contributed by atoms with Crippen LogP contribution < -0.4 is 0 Å². The van der Waals surface area contributed by atoms with Crippen LogP contribution in [0.25, 0.3) is 0 Å². The summed E-state index contributed by atoms with van der Waals surface area (Å²) in [6.07, 6.45) is 0.490. The summed E-state index contributed by atoms with van der Waals surface area (Å²) >= 11 is 0.878. The van der Waals surface area contributed by atoms with Gasteiger partial charge in [0.05, 0.1) is 11.2 Å². The molecular weight excluding hydrogens is 278 g/mol. The first kappa shape index (κ1) is 13.5. The zero-order valence-corrected chi connectivity index (χ0v) is 11.3. The van der Waals surface area contributed by atoms with Gasteiger partial charge < -0.3 is 10.2 Å². The highest BCUT2D eigenvalue weighted by Crippen LogP contribution is 2.32. The van der Waals surface area contributed by atoms with Crippen LogP contribution in [-0.2, 0) is 10.0 Å². The Morgan fingerprint density at radius 1 is 1.56 bits per heavy atom. The minimum atomic E-state index is -3.67. The fourth-order valence-electron chi connectivity index (χ4n) is 1.70. The van der Waals surface area contributed by atoms with Crippen molar-refractivity contribution in [1.82, 2.24) is 4.31 Å². The van der Waals surface area contributed by atoms with E-state index >= 15 is 0 Å². The van der Waals surface area contributed by atoms with Crippen LogP contribution >= 0.6 is 11.3 Å². The van der Waals surface area contributed by atoms with Crippen LogP contribution in [0.4, 0.5) is 0 Å². The van der Waals surface area contributed by atoms with Gasteiger partial charge >= 0.3 is 5.97 Å². The van der Waals surface area contributed by atoms with Gasteiger partial charge in [-0.25, -0.2) is 13.2 Å². The highest BCUT2D eigenvalue weighted by Gasteiger charge is 2.46. The largest absolute Gasteiger partial charge is 0.478 e. The Bertz CT molecular complexity index is 571. The van der Waals surface area contributed by atoms with E-state index in [1.54, 1.807) is 6.92 Å². The second-order valence-electron chi connectivity index (χ2n) is 4.31. The Morgan fingerprint density at radius 2 is 2.17 bits per heavy atom. The summed E-state index contributed by atoms with van der Waals surface area (Å²) in [7, 11) is -3.67. The van der Waals surface area contributed by atoms with Crippen LogP contribution in [0.2, 0.25) is 0 Å². The number of rotatable bonds is 4. The van der Waals surface area contributed by atoms with Gasteiger partial charge in [-0.2, -0.15) is 4.31 Å². The summed E-state index contributed by atoms with van der Waals surface area (Å²) in [5, 5.41) is 19.8. The molecule has 1 aromatic rings. The van der Waals surface area contributed by atoms with E-state index in [-0.39, 0.29) is 22.9 Å². The number of aliphatic hydroxyl groups is 1. The van der Waals surface area contributed by atoms with Crippen molar-refractivity contribution in [3.8, 4) is 0 Å². The van der Waals surface area contributed by atoms with Crippen molar-refractivity contribution < 1.29 is 23.4 Å². The molecule has 0 aliphatic carbocycles. The van der Waals surface area contributed by atoms with Crippen LogP contribution in [0.5, 0.6) is 0 Å². The molecule has 100 valence electrons. The number of aromatic carboxylic acids is 1. The van der Waals surface area contributed by atoms with Gasteiger partial charge in [-0.1, -0.05) is 6.92 Å². The lowest BCUT2D eigenvalue weighted by atomic mass is 9.94. The van der Waals surface area contributed by atoms with E-state index in [1.165, 1.54) is 5.38 Å². The number of carboxylic acid groups (broad SMARTS) is 1. The zero-order chi connectivity index (χ0) is 13.6. The predicted octanol–water partition coefficient (Wildman–Crippen LogP) is 0.592. The average Bonchev–Trinajstić information content (AvgIpc) is 2.74. The maximum Gasteiger partial charge on any atom is 0.336 e. The van der Waals surface area contributed by atoms with E-state index in [0.717, 1.165) is 21.7 Å². The Labute approximate surface area is 109 Å². The quantitative estimate of drug-likeness (QED) is 0.846. The highest BCUT2D eigenvalue weighted by atomic mass is 32.2. The molecule has 0 aromatic carbocycles. The molecule has 2 N–H and O–H groups in total. The fraction of sp³-hybridized carbons (Fsp3) is 0.500. The van der Waals surface area contributed by atoms with Gasteiger partial charge in [0.2, 0.25) is 0 Å². The van der Waals surface area contributed by atoms with Crippen LogP contribution in [0.1, 0.15) is 23.7 Å². The number of carbonyl (C=O) groups is 1. The van der Waals surface area contributed by atoms with E-state index in [4.69, 9.17) is 5.11 Å². The molecule has 2 rings (SSSR count). The maximum absolute atomic E-state index is 12.1. The van der Waals surface area contributed by atoms with Gasteiger partial charge in [-0.15, -0.1) is 11.3 Å². The molecule has 1 aliphatic rings. The Hall–Kier alpha value is -0.960. The molecule has 0 spiro atoms. The third-order valence-corrected chi connectivity index (χ3v) is 6.22. The van der Waals surface area contributed by atoms with Crippen LogP contribution in [-0.4, -0.2) is 47.6 Å². The highest BCUT2D eigenvalue weighted by molar-refractivity contribution is 7.91. The van der Waals surface area contributed by atoms with Crippen molar-refractivity contribution in [2.45, 2.75) is 23.2 Å². The first-order chi connectivity index (χ1) is 8.28. The molecule has 0 amide bonds. The third kappa shape index (κ3) is 2.16.